The number of aliphatic imine (C=N–C) groups is 1. The number of hydrogen-bond donors (Lipinski definition) is 0. The number of carbonyl (C=O) groups excluding carboxylic acids is 2. The van der Waals surface area contributed by atoms with Crippen molar-refractivity contribution in [3.05, 3.63) is 72.8 Å². The third kappa shape index (κ3) is 5.09. The summed E-state index contributed by atoms with van der Waals surface area (Å²) in [4.78, 5) is 30.5. The van der Waals surface area contributed by atoms with E-state index in [4.69, 9.17) is 14.2 Å². The van der Waals surface area contributed by atoms with E-state index < -0.39 is 24.0 Å². The zero-order valence-corrected chi connectivity index (χ0v) is 16.1. The van der Waals surface area contributed by atoms with Gasteiger partial charge in [-0.15, -0.1) is 0 Å². The molecule has 0 saturated heterocycles. The number of methoxy groups -OCH3 is 1. The molecule has 148 valence electrons. The molecule has 2 atom stereocenters. The lowest BCUT2D eigenvalue weighted by molar-refractivity contribution is -0.166. The molecule has 1 aliphatic heterocycles. The number of nitrogens with zero attached hydrogens (tertiary/aromatic N) is 2. The molecular weight excluding hydrogens is 360 g/mol. The van der Waals surface area contributed by atoms with Gasteiger partial charge in [0.25, 0.3) is 0 Å². The molecule has 0 saturated carbocycles. The standard InChI is InChI=1S/C21H24N2O5/c1-15(17-8-6-5-7-9-17)23(14-22-3)16(2)20(24)28-19(21(25)26-4)18-10-12-27-13-11-18/h5-15,18-19H,2H2,1,3-4H3/t15-,19?/m1/s1. The maximum absolute atomic E-state index is 12.8. The van der Waals surface area contributed by atoms with Crippen LogP contribution in [0.15, 0.2) is 72.3 Å². The largest absolute Gasteiger partial charge is 0.473 e. The fraction of sp³-hybridized carbons (Fsp3) is 0.286. The molecule has 1 unspecified atom stereocenters. The maximum atomic E-state index is 12.8. The molecule has 0 N–H and O–H groups in total. The first-order valence-corrected chi connectivity index (χ1v) is 8.71. The average Bonchev–Trinajstić information content (AvgIpc) is 2.75. The van der Waals surface area contributed by atoms with Crippen LogP contribution in [0.25, 0.3) is 0 Å². The van der Waals surface area contributed by atoms with Crippen LogP contribution < -0.4 is 0 Å². The molecule has 2 rings (SSSR count). The second-order valence-corrected chi connectivity index (χ2v) is 6.03. The summed E-state index contributed by atoms with van der Waals surface area (Å²) in [5.41, 5.74) is 1.02. The SMILES string of the molecule is C=C(C(=O)OC(C(=O)OC)C1C=COC=C1)N(C=NC)[C@H](C)c1ccccc1. The van der Waals surface area contributed by atoms with Gasteiger partial charge in [0.05, 0.1) is 32.0 Å². The molecule has 1 aliphatic rings. The van der Waals surface area contributed by atoms with Crippen LogP contribution in [0.2, 0.25) is 0 Å². The Hall–Kier alpha value is -3.35. The summed E-state index contributed by atoms with van der Waals surface area (Å²) in [5, 5.41) is 0. The van der Waals surface area contributed by atoms with Gasteiger partial charge in [-0.1, -0.05) is 36.9 Å². The minimum absolute atomic E-state index is 0.0517. The molecule has 1 aromatic rings. The summed E-state index contributed by atoms with van der Waals surface area (Å²) < 4.78 is 15.2. The molecule has 0 spiro atoms. The van der Waals surface area contributed by atoms with Crippen LogP contribution in [0.5, 0.6) is 0 Å². The molecule has 0 radical (unpaired) electrons. The Kier molecular flexibility index (Phi) is 7.56. The second-order valence-electron chi connectivity index (χ2n) is 6.03. The number of esters is 2. The highest BCUT2D eigenvalue weighted by atomic mass is 16.6. The smallest absolute Gasteiger partial charge is 0.355 e. The first-order valence-electron chi connectivity index (χ1n) is 8.71. The van der Waals surface area contributed by atoms with Crippen molar-refractivity contribution in [2.24, 2.45) is 10.9 Å². The summed E-state index contributed by atoms with van der Waals surface area (Å²) in [7, 11) is 2.83. The van der Waals surface area contributed by atoms with E-state index in [1.807, 2.05) is 37.3 Å². The maximum Gasteiger partial charge on any atom is 0.355 e. The van der Waals surface area contributed by atoms with Gasteiger partial charge < -0.3 is 19.1 Å². The first-order chi connectivity index (χ1) is 13.5. The Labute approximate surface area is 164 Å². The zero-order chi connectivity index (χ0) is 20.5. The van der Waals surface area contributed by atoms with Crippen molar-refractivity contribution < 1.29 is 23.8 Å². The van der Waals surface area contributed by atoms with E-state index in [9.17, 15) is 9.59 Å². The number of rotatable bonds is 8. The Bertz CT molecular complexity index is 773. The van der Waals surface area contributed by atoms with Crippen molar-refractivity contribution in [3.8, 4) is 0 Å². The molecular formula is C21H24N2O5. The Morgan fingerprint density at radius 1 is 1.25 bits per heavy atom. The van der Waals surface area contributed by atoms with Crippen molar-refractivity contribution in [1.29, 1.82) is 0 Å². The molecule has 1 aromatic carbocycles. The molecule has 28 heavy (non-hydrogen) atoms. The van der Waals surface area contributed by atoms with Gasteiger partial charge in [-0.3, -0.25) is 4.99 Å². The van der Waals surface area contributed by atoms with Gasteiger partial charge in [-0.2, -0.15) is 0 Å². The van der Waals surface area contributed by atoms with Gasteiger partial charge in [0.1, 0.15) is 5.70 Å². The minimum atomic E-state index is -1.15. The second kappa shape index (κ2) is 10.1. The predicted octanol–water partition coefficient (Wildman–Crippen LogP) is 2.98. The highest BCUT2D eigenvalue weighted by Gasteiger charge is 2.33. The van der Waals surface area contributed by atoms with Gasteiger partial charge in [-0.05, 0) is 24.6 Å². The third-order valence-electron chi connectivity index (χ3n) is 4.26. The van der Waals surface area contributed by atoms with E-state index in [1.165, 1.54) is 26.0 Å². The van der Waals surface area contributed by atoms with E-state index >= 15 is 0 Å². The van der Waals surface area contributed by atoms with Gasteiger partial charge in [0.15, 0.2) is 0 Å². The number of ether oxygens (including phenoxy) is 3. The molecule has 0 fully saturated rings. The van der Waals surface area contributed by atoms with Crippen molar-refractivity contribution in [1.82, 2.24) is 4.90 Å². The summed E-state index contributed by atoms with van der Waals surface area (Å²) in [6.07, 6.45) is 6.39. The fourth-order valence-corrected chi connectivity index (χ4v) is 2.69. The van der Waals surface area contributed by atoms with Crippen molar-refractivity contribution in [2.45, 2.75) is 19.1 Å². The first kappa shape index (κ1) is 21.0. The number of benzene rings is 1. The van der Waals surface area contributed by atoms with Crippen molar-refractivity contribution >= 4 is 18.3 Å². The highest BCUT2D eigenvalue weighted by Crippen LogP contribution is 2.24. The van der Waals surface area contributed by atoms with Crippen LogP contribution in [-0.4, -0.2) is 43.4 Å². The summed E-state index contributed by atoms with van der Waals surface area (Å²) >= 11 is 0. The van der Waals surface area contributed by atoms with Gasteiger partial charge >= 0.3 is 11.9 Å². The molecule has 0 amide bonds. The third-order valence-corrected chi connectivity index (χ3v) is 4.26. The van der Waals surface area contributed by atoms with Crippen molar-refractivity contribution in [3.63, 3.8) is 0 Å². The van der Waals surface area contributed by atoms with Crippen molar-refractivity contribution in [2.75, 3.05) is 14.2 Å². The van der Waals surface area contributed by atoms with E-state index in [-0.39, 0.29) is 11.7 Å². The number of hydrogen-bond acceptors (Lipinski definition) is 6. The fourth-order valence-electron chi connectivity index (χ4n) is 2.69. The lowest BCUT2D eigenvalue weighted by Gasteiger charge is -2.29. The summed E-state index contributed by atoms with van der Waals surface area (Å²) in [6, 6.07) is 9.39. The quantitative estimate of drug-likeness (QED) is 0.297. The van der Waals surface area contributed by atoms with Gasteiger partial charge in [0.2, 0.25) is 6.10 Å². The van der Waals surface area contributed by atoms with Crippen LogP contribution in [-0.2, 0) is 23.8 Å². The normalized spacial score (nSPS) is 15.5. The zero-order valence-electron chi connectivity index (χ0n) is 16.1. The van der Waals surface area contributed by atoms with E-state index in [2.05, 4.69) is 11.6 Å². The molecule has 7 heteroatoms. The molecule has 1 heterocycles. The molecule has 7 nitrogen and oxygen atoms in total. The van der Waals surface area contributed by atoms with Crippen LogP contribution in [0.4, 0.5) is 0 Å². The summed E-state index contributed by atoms with van der Waals surface area (Å²) in [5.74, 6) is -1.92. The topological polar surface area (TPSA) is 77.4 Å². The molecule has 0 bridgehead atoms. The van der Waals surface area contributed by atoms with Crippen LogP contribution in [0, 0.1) is 5.92 Å². The number of carbonyl (C=O) groups is 2. The van der Waals surface area contributed by atoms with Crippen LogP contribution >= 0.6 is 0 Å². The molecule has 0 aromatic heterocycles. The predicted molar refractivity (Wildman–Crippen MR) is 105 cm³/mol. The Balaban J connectivity index is 2.20. The Morgan fingerprint density at radius 2 is 1.89 bits per heavy atom. The lowest BCUT2D eigenvalue weighted by Crippen LogP contribution is -2.37. The molecule has 0 aliphatic carbocycles. The van der Waals surface area contributed by atoms with Gasteiger partial charge in [-0.25, -0.2) is 9.59 Å². The Morgan fingerprint density at radius 3 is 2.46 bits per heavy atom. The van der Waals surface area contributed by atoms with Gasteiger partial charge in [0, 0.05) is 13.0 Å². The van der Waals surface area contributed by atoms with E-state index in [0.717, 1.165) is 5.56 Å². The minimum Gasteiger partial charge on any atom is -0.473 e. The summed E-state index contributed by atoms with van der Waals surface area (Å²) in [6.45, 7) is 5.76. The van der Waals surface area contributed by atoms with Crippen LogP contribution in [0.1, 0.15) is 18.5 Å². The highest BCUT2D eigenvalue weighted by molar-refractivity contribution is 5.92. The van der Waals surface area contributed by atoms with E-state index in [1.54, 1.807) is 24.1 Å². The van der Waals surface area contributed by atoms with Crippen LogP contribution in [0.3, 0.4) is 0 Å². The monoisotopic (exact) mass is 384 g/mol. The lowest BCUT2D eigenvalue weighted by atomic mass is 10.0. The average molecular weight is 384 g/mol. The van der Waals surface area contributed by atoms with E-state index in [0.29, 0.717) is 0 Å².